The summed E-state index contributed by atoms with van der Waals surface area (Å²) in [4.78, 5) is 37.0. The van der Waals surface area contributed by atoms with E-state index in [2.05, 4.69) is 5.32 Å². The van der Waals surface area contributed by atoms with Crippen molar-refractivity contribution in [2.24, 2.45) is 0 Å². The van der Waals surface area contributed by atoms with Gasteiger partial charge in [-0.15, -0.1) is 0 Å². The lowest BCUT2D eigenvalue weighted by Gasteiger charge is -2.40. The summed E-state index contributed by atoms with van der Waals surface area (Å²) in [6, 6.07) is 0. The van der Waals surface area contributed by atoms with Crippen molar-refractivity contribution in [1.82, 2.24) is 10.2 Å². The molecule has 110 valence electrons. The van der Waals surface area contributed by atoms with Crippen LogP contribution in [0.2, 0.25) is 0 Å². The molecule has 2 heterocycles. The molecule has 0 bridgehead atoms. The lowest BCUT2D eigenvalue weighted by molar-refractivity contribution is -0.138. The van der Waals surface area contributed by atoms with Crippen LogP contribution in [0, 0.1) is 5.82 Å². The van der Waals surface area contributed by atoms with Crippen LogP contribution in [0.4, 0.5) is 10.1 Å². The van der Waals surface area contributed by atoms with Crippen LogP contribution in [0.25, 0.3) is 0 Å². The lowest BCUT2D eigenvalue weighted by atomic mass is 9.70. The Balaban J connectivity index is 2.08. The third kappa shape index (κ3) is 2.00. The van der Waals surface area contributed by atoms with Crippen molar-refractivity contribution in [2.45, 2.75) is 24.8 Å². The zero-order chi connectivity index (χ0) is 17.1. The van der Waals surface area contributed by atoms with Gasteiger partial charge >= 0.3 is 0 Å². The van der Waals surface area contributed by atoms with Crippen LogP contribution in [-0.4, -0.2) is 51.6 Å². The Morgan fingerprint density at radius 1 is 1.22 bits per heavy atom. The number of benzene rings is 1. The number of nitrogens with one attached hydrogen (secondary N) is 1. The monoisotopic (exact) mass is 307 g/mol. The lowest BCUT2D eigenvalue weighted by Crippen LogP contribution is -2.63. The molecule has 3 rings (SSSR count). The fourth-order valence-electron chi connectivity index (χ4n) is 2.90. The van der Waals surface area contributed by atoms with Gasteiger partial charge in [0.1, 0.15) is 29.4 Å². The van der Waals surface area contributed by atoms with E-state index >= 15 is 0 Å². The molecular weight excluding hydrogens is 298 g/mol. The number of hydrogen-bond acceptors (Lipinski definition) is 4. The molecule has 1 atom stereocenters. The number of carbonyl (C=O) groups excluding carboxylic acids is 3. The number of piperidine rings is 1. The number of nitrogen functional groups attached to an aromatic ring is 1. The molecule has 0 unspecified atom stereocenters. The van der Waals surface area contributed by atoms with E-state index < -0.39 is 34.4 Å². The van der Waals surface area contributed by atoms with Crippen molar-refractivity contribution in [2.75, 3.05) is 5.73 Å². The number of nitrogens with zero attached hydrogens (tertiary/aromatic N) is 1. The molecule has 0 aromatic heterocycles. The highest BCUT2D eigenvalue weighted by atomic mass is 19.1. The average Bonchev–Trinajstić information content (AvgIpc) is 2.85. The van der Waals surface area contributed by atoms with Crippen LogP contribution in [0.3, 0.4) is 0 Å². The Morgan fingerprint density at radius 3 is 2.48 bits per heavy atom. The third-order valence-corrected chi connectivity index (χ3v) is 4.30. The van der Waals surface area contributed by atoms with Crippen LogP contribution in [0.15, 0.2) is 0 Å². The smallest absolute Gasteiger partial charge is 0.254 e. The van der Waals surface area contributed by atoms with Gasteiger partial charge in [0.25, 0.3) is 5.91 Å². The summed E-state index contributed by atoms with van der Waals surface area (Å²) in [5.41, 5.74) is 3.19. The summed E-state index contributed by atoms with van der Waals surface area (Å²) in [6.07, 6.45) is -0.0843. The second kappa shape index (κ2) is 4.87. The number of hydrogen-bond donors (Lipinski definition) is 2. The minimum Gasteiger partial charge on any atom is -0.399 e. The number of nitrogens with two attached hydrogens (primary N) is 1. The summed E-state index contributed by atoms with van der Waals surface area (Å²) in [6.45, 7) is -0.146. The first-order chi connectivity index (χ1) is 10.7. The maximum atomic E-state index is 14.0. The maximum Gasteiger partial charge on any atom is 0.254 e. The minimum atomic E-state index is -1.74. The molecule has 23 heavy (non-hydrogen) atoms. The van der Waals surface area contributed by atoms with Crippen molar-refractivity contribution in [3.05, 3.63) is 16.9 Å². The molecule has 1 aromatic carbocycles. The van der Waals surface area contributed by atoms with E-state index in [0.29, 0.717) is 0 Å². The number of fused-ring (bicyclic) bond motifs is 1. The Bertz CT molecular complexity index is 786. The maximum absolute atomic E-state index is 14.0. The number of halogens is 1. The van der Waals surface area contributed by atoms with Crippen LogP contribution in [0.1, 0.15) is 28.8 Å². The zero-order valence-corrected chi connectivity index (χ0v) is 12.0. The molecule has 3 N–H and O–H groups in total. The normalized spacial score (nSPS) is 23.9. The summed E-state index contributed by atoms with van der Waals surface area (Å²) >= 11 is 0. The van der Waals surface area contributed by atoms with Gasteiger partial charge in [0.2, 0.25) is 11.8 Å². The molecule has 10 heteroatoms. The van der Waals surface area contributed by atoms with Crippen molar-refractivity contribution >= 4 is 57.9 Å². The SMILES string of the molecule is [B]c1c(N)c2c(c([B])c1F)C(=O)N([C@@]1([B])CCC(=O)NC1=O)C2. The number of anilines is 1. The highest BCUT2D eigenvalue weighted by molar-refractivity contribution is 6.44. The number of imide groups is 1. The first-order valence-electron chi connectivity index (χ1n) is 6.78. The van der Waals surface area contributed by atoms with Crippen molar-refractivity contribution in [3.8, 4) is 0 Å². The van der Waals surface area contributed by atoms with Gasteiger partial charge in [-0.3, -0.25) is 19.7 Å². The Labute approximate surface area is 135 Å². The Morgan fingerprint density at radius 2 is 1.87 bits per heavy atom. The Hall–Kier alpha value is -2.25. The summed E-state index contributed by atoms with van der Waals surface area (Å²) in [5.74, 6) is -2.99. The van der Waals surface area contributed by atoms with Gasteiger partial charge in [0, 0.05) is 29.8 Å². The zero-order valence-electron chi connectivity index (χ0n) is 12.0. The first-order valence-corrected chi connectivity index (χ1v) is 6.78. The predicted octanol–water partition coefficient (Wildman–Crippen LogP) is -2.75. The molecular formula is C13H9B3FN3O3. The van der Waals surface area contributed by atoms with Gasteiger partial charge in [-0.2, -0.15) is 0 Å². The fourth-order valence-corrected chi connectivity index (χ4v) is 2.90. The van der Waals surface area contributed by atoms with Gasteiger partial charge in [-0.25, -0.2) is 4.39 Å². The van der Waals surface area contributed by atoms with Crippen molar-refractivity contribution in [1.29, 1.82) is 0 Å². The molecule has 1 aromatic rings. The minimum absolute atomic E-state index is 0.0240. The van der Waals surface area contributed by atoms with Gasteiger partial charge in [0.15, 0.2) is 0 Å². The van der Waals surface area contributed by atoms with E-state index in [-0.39, 0.29) is 41.7 Å². The molecule has 1 saturated heterocycles. The molecule has 2 aliphatic rings. The van der Waals surface area contributed by atoms with Gasteiger partial charge < -0.3 is 10.6 Å². The van der Waals surface area contributed by atoms with Gasteiger partial charge in [0.05, 0.1) is 5.44 Å². The van der Waals surface area contributed by atoms with E-state index in [0.717, 1.165) is 4.90 Å². The van der Waals surface area contributed by atoms with E-state index in [1.165, 1.54) is 0 Å². The highest BCUT2D eigenvalue weighted by Crippen LogP contribution is 2.33. The molecule has 0 saturated carbocycles. The van der Waals surface area contributed by atoms with Crippen molar-refractivity contribution < 1.29 is 18.8 Å². The van der Waals surface area contributed by atoms with Gasteiger partial charge in [-0.05, 0) is 17.3 Å². The standard InChI is InChI=1S/C13H9B3FN3O3/c14-7-6-4(10(18)8(15)9(7)17)3-20(11(6)22)13(16)2-1-5(21)19-12(13)23/h1-3,18H2,(H,19,21,23)/t13-/m0/s1. The van der Waals surface area contributed by atoms with Crippen molar-refractivity contribution in [3.63, 3.8) is 0 Å². The van der Waals surface area contributed by atoms with E-state index in [9.17, 15) is 18.8 Å². The van der Waals surface area contributed by atoms with Crippen LogP contribution in [-0.2, 0) is 16.1 Å². The molecule has 1 fully saturated rings. The average molecular weight is 307 g/mol. The molecule has 3 amide bonds. The fraction of sp³-hybridized carbons (Fsp3) is 0.308. The van der Waals surface area contributed by atoms with Crippen LogP contribution < -0.4 is 22.0 Å². The second-order valence-electron chi connectivity index (χ2n) is 5.60. The van der Waals surface area contributed by atoms with E-state index in [1.807, 2.05) is 0 Å². The predicted molar refractivity (Wildman–Crippen MR) is 82.3 cm³/mol. The number of rotatable bonds is 1. The molecule has 6 nitrogen and oxygen atoms in total. The van der Waals surface area contributed by atoms with Crippen LogP contribution in [0.5, 0.6) is 0 Å². The largest absolute Gasteiger partial charge is 0.399 e. The van der Waals surface area contributed by atoms with Gasteiger partial charge in [-0.1, -0.05) is 0 Å². The number of amides is 3. The topological polar surface area (TPSA) is 92.5 Å². The summed E-state index contributed by atoms with van der Waals surface area (Å²) in [5, 5.41) is 2.09. The third-order valence-electron chi connectivity index (χ3n) is 4.30. The first kappa shape index (κ1) is 15.6. The quantitative estimate of drug-likeness (QED) is 0.334. The highest BCUT2D eigenvalue weighted by Gasteiger charge is 2.48. The number of carbonyl (C=O) groups is 3. The summed E-state index contributed by atoms with van der Waals surface area (Å²) < 4.78 is 14.0. The van der Waals surface area contributed by atoms with E-state index in [1.54, 1.807) is 0 Å². The molecule has 0 aliphatic carbocycles. The molecule has 2 aliphatic heterocycles. The molecule has 6 radical (unpaired) electrons. The molecule has 0 spiro atoms. The Kier molecular flexibility index (Phi) is 3.32. The second-order valence-corrected chi connectivity index (χ2v) is 5.60. The summed E-state index contributed by atoms with van der Waals surface area (Å²) in [7, 11) is 17.2. The van der Waals surface area contributed by atoms with E-state index in [4.69, 9.17) is 29.3 Å². The van der Waals surface area contributed by atoms with Crippen LogP contribution >= 0.6 is 0 Å².